The maximum Gasteiger partial charge on any atom is 0.446 e. The van der Waals surface area contributed by atoms with Crippen molar-refractivity contribution in [1.29, 1.82) is 0 Å². The van der Waals surface area contributed by atoms with E-state index in [-0.39, 0.29) is 45.2 Å². The van der Waals surface area contributed by atoms with Crippen molar-refractivity contribution in [3.05, 3.63) is 48.0 Å². The van der Waals surface area contributed by atoms with Crippen molar-refractivity contribution in [2.24, 2.45) is 0 Å². The van der Waals surface area contributed by atoms with Gasteiger partial charge in [0, 0.05) is 30.2 Å². The molecular weight excluding hydrogens is 429 g/mol. The fourth-order valence-electron chi connectivity index (χ4n) is 2.27. The zero-order chi connectivity index (χ0) is 21.8. The van der Waals surface area contributed by atoms with Crippen molar-refractivity contribution in [3.63, 3.8) is 0 Å². The van der Waals surface area contributed by atoms with E-state index in [1.54, 1.807) is 6.92 Å². The predicted octanol–water partition coefficient (Wildman–Crippen LogP) is 4.20. The molecule has 0 aromatic heterocycles. The smallest absolute Gasteiger partial charge is 0.446 e. The first-order valence-corrected chi connectivity index (χ1v) is 10.6. The minimum atomic E-state index is -4.42. The Morgan fingerprint density at radius 2 is 1.76 bits per heavy atom. The van der Waals surface area contributed by atoms with E-state index in [0.29, 0.717) is 0 Å². The number of anilines is 1. The van der Waals surface area contributed by atoms with Crippen LogP contribution in [0, 0.1) is 0 Å². The third-order valence-electron chi connectivity index (χ3n) is 3.61. The van der Waals surface area contributed by atoms with Crippen molar-refractivity contribution in [1.82, 2.24) is 4.31 Å². The Morgan fingerprint density at radius 1 is 1.14 bits per heavy atom. The quantitative estimate of drug-likeness (QED) is 0.643. The first-order valence-electron chi connectivity index (χ1n) is 8.30. The molecule has 0 aliphatic heterocycles. The largest absolute Gasteiger partial charge is 0.492 e. The molecule has 0 heterocycles. The summed E-state index contributed by atoms with van der Waals surface area (Å²) in [5, 5.41) is 2.54. The van der Waals surface area contributed by atoms with Gasteiger partial charge < -0.3 is 10.1 Å². The van der Waals surface area contributed by atoms with Gasteiger partial charge in [0.15, 0.2) is 0 Å². The van der Waals surface area contributed by atoms with E-state index < -0.39 is 21.4 Å². The van der Waals surface area contributed by atoms with Crippen molar-refractivity contribution >= 4 is 33.4 Å². The normalized spacial score (nSPS) is 12.1. The van der Waals surface area contributed by atoms with Gasteiger partial charge in [-0.3, -0.25) is 4.79 Å². The number of nitrogens with zero attached hydrogens (tertiary/aromatic N) is 1. The zero-order valence-electron chi connectivity index (χ0n) is 15.8. The molecule has 2 aromatic rings. The van der Waals surface area contributed by atoms with Crippen molar-refractivity contribution in [2.45, 2.75) is 22.2 Å². The number of rotatable bonds is 7. The van der Waals surface area contributed by atoms with Gasteiger partial charge in [-0.15, -0.1) is 0 Å². The molecule has 29 heavy (non-hydrogen) atoms. The van der Waals surface area contributed by atoms with Crippen LogP contribution < -0.4 is 10.1 Å². The summed E-state index contributed by atoms with van der Waals surface area (Å²) < 4.78 is 68.6. The van der Waals surface area contributed by atoms with Crippen molar-refractivity contribution in [2.75, 3.05) is 26.0 Å². The molecule has 0 unspecified atom stereocenters. The Balaban J connectivity index is 2.26. The average molecular weight is 448 g/mol. The number of ether oxygens (including phenoxy) is 1. The summed E-state index contributed by atoms with van der Waals surface area (Å²) in [6.07, 6.45) is 0. The minimum absolute atomic E-state index is 0.0468. The Kier molecular flexibility index (Phi) is 7.20. The molecule has 0 fully saturated rings. The molecule has 0 spiro atoms. The lowest BCUT2D eigenvalue weighted by Gasteiger charge is -2.16. The molecule has 0 radical (unpaired) electrons. The third-order valence-corrected chi connectivity index (χ3v) is 6.19. The number of benzene rings is 2. The van der Waals surface area contributed by atoms with Crippen LogP contribution in [0.4, 0.5) is 18.9 Å². The van der Waals surface area contributed by atoms with E-state index in [4.69, 9.17) is 4.74 Å². The van der Waals surface area contributed by atoms with Gasteiger partial charge in [0.2, 0.25) is 10.0 Å². The first-order chi connectivity index (χ1) is 13.4. The third kappa shape index (κ3) is 6.12. The molecule has 6 nitrogen and oxygen atoms in total. The summed E-state index contributed by atoms with van der Waals surface area (Å²) in [6, 6.07) is 9.07. The SMILES string of the molecule is CCOc1ccc(NC(=O)c2ccc(SC(F)(F)F)cc2)cc1S(=O)(=O)N(C)C. The van der Waals surface area contributed by atoms with Crippen LogP contribution in [0.2, 0.25) is 0 Å². The van der Waals surface area contributed by atoms with Crippen LogP contribution in [0.1, 0.15) is 17.3 Å². The lowest BCUT2D eigenvalue weighted by atomic mass is 10.2. The highest BCUT2D eigenvalue weighted by Crippen LogP contribution is 2.36. The number of amides is 1. The van der Waals surface area contributed by atoms with Gasteiger partial charge in [0.05, 0.1) is 6.61 Å². The summed E-state index contributed by atoms with van der Waals surface area (Å²) in [6.45, 7) is 1.96. The van der Waals surface area contributed by atoms with E-state index >= 15 is 0 Å². The highest BCUT2D eigenvalue weighted by atomic mass is 32.2. The van der Waals surface area contributed by atoms with Crippen LogP contribution in [0.25, 0.3) is 0 Å². The number of carbonyl (C=O) groups is 1. The van der Waals surface area contributed by atoms with E-state index in [1.807, 2.05) is 0 Å². The molecule has 11 heteroatoms. The van der Waals surface area contributed by atoms with Gasteiger partial charge in [-0.25, -0.2) is 12.7 Å². The lowest BCUT2D eigenvalue weighted by Crippen LogP contribution is -2.23. The maximum absolute atomic E-state index is 12.5. The van der Waals surface area contributed by atoms with Crippen molar-refractivity contribution < 1.29 is 31.1 Å². The molecule has 0 bridgehead atoms. The summed E-state index contributed by atoms with van der Waals surface area (Å²) in [7, 11) is -1.08. The molecule has 0 atom stereocenters. The zero-order valence-corrected chi connectivity index (χ0v) is 17.4. The molecule has 0 saturated carbocycles. The number of halogens is 3. The second kappa shape index (κ2) is 9.06. The molecule has 0 aliphatic carbocycles. The van der Waals surface area contributed by atoms with E-state index in [2.05, 4.69) is 5.32 Å². The van der Waals surface area contributed by atoms with Gasteiger partial charge in [-0.05, 0) is 61.2 Å². The van der Waals surface area contributed by atoms with Crippen molar-refractivity contribution in [3.8, 4) is 5.75 Å². The van der Waals surface area contributed by atoms with Crippen LogP contribution in [0.5, 0.6) is 5.75 Å². The number of thioether (sulfide) groups is 1. The Bertz CT molecular complexity index is 976. The number of nitrogens with one attached hydrogen (secondary N) is 1. The van der Waals surface area contributed by atoms with Crippen LogP contribution in [0.3, 0.4) is 0 Å². The van der Waals surface area contributed by atoms with E-state index in [1.165, 1.54) is 56.6 Å². The summed E-state index contributed by atoms with van der Waals surface area (Å²) >= 11 is -0.278. The molecule has 2 aromatic carbocycles. The predicted molar refractivity (Wildman–Crippen MR) is 105 cm³/mol. The molecule has 0 aliphatic rings. The Morgan fingerprint density at radius 3 is 2.28 bits per heavy atom. The van der Waals surface area contributed by atoms with Crippen LogP contribution >= 0.6 is 11.8 Å². The molecule has 1 amide bonds. The summed E-state index contributed by atoms with van der Waals surface area (Å²) in [5.41, 5.74) is -4.09. The lowest BCUT2D eigenvalue weighted by molar-refractivity contribution is -0.0328. The van der Waals surface area contributed by atoms with Gasteiger partial charge in [0.25, 0.3) is 5.91 Å². The fraction of sp³-hybridized carbons (Fsp3) is 0.278. The van der Waals surface area contributed by atoms with Gasteiger partial charge in [-0.1, -0.05) is 0 Å². The highest BCUT2D eigenvalue weighted by molar-refractivity contribution is 8.00. The monoisotopic (exact) mass is 448 g/mol. The number of hydrogen-bond donors (Lipinski definition) is 1. The van der Waals surface area contributed by atoms with Crippen LogP contribution in [-0.4, -0.2) is 44.8 Å². The van der Waals surface area contributed by atoms with Gasteiger partial charge in [-0.2, -0.15) is 13.2 Å². The van der Waals surface area contributed by atoms with Crippen LogP contribution in [0.15, 0.2) is 52.3 Å². The van der Waals surface area contributed by atoms with E-state index in [0.717, 1.165) is 4.31 Å². The van der Waals surface area contributed by atoms with E-state index in [9.17, 15) is 26.4 Å². The molecule has 1 N–H and O–H groups in total. The number of hydrogen-bond acceptors (Lipinski definition) is 5. The summed E-state index contributed by atoms with van der Waals surface area (Å²) in [5.74, 6) is -0.446. The van der Waals surface area contributed by atoms with Crippen LogP contribution in [-0.2, 0) is 10.0 Å². The topological polar surface area (TPSA) is 75.7 Å². The molecule has 2 rings (SSSR count). The molecule has 158 valence electrons. The average Bonchev–Trinajstić information content (AvgIpc) is 2.62. The Labute approximate surface area is 171 Å². The number of alkyl halides is 3. The molecular formula is C18H19F3N2O4S2. The standard InChI is InChI=1S/C18H19F3N2O4S2/c1-4-27-15-10-7-13(11-16(15)29(25,26)23(2)3)22-17(24)12-5-8-14(9-6-12)28-18(19,20)21/h5-11H,4H2,1-3H3,(H,22,24). The minimum Gasteiger partial charge on any atom is -0.492 e. The summed E-state index contributed by atoms with van der Waals surface area (Å²) in [4.78, 5) is 12.2. The number of sulfonamides is 1. The highest BCUT2D eigenvalue weighted by Gasteiger charge is 2.29. The number of carbonyl (C=O) groups excluding carboxylic acids is 1. The van der Waals surface area contributed by atoms with Gasteiger partial charge in [0.1, 0.15) is 10.6 Å². The second-order valence-corrected chi connectivity index (χ2v) is 9.17. The second-order valence-electron chi connectivity index (χ2n) is 5.91. The first kappa shape index (κ1) is 23.0. The fourth-order valence-corrected chi connectivity index (χ4v) is 3.86. The maximum atomic E-state index is 12.5. The Hall–Kier alpha value is -2.24. The van der Waals surface area contributed by atoms with Gasteiger partial charge >= 0.3 is 5.51 Å². The molecule has 0 saturated heterocycles.